The number of benzene rings is 1. The molecule has 96 valence electrons. The number of hydrogen-bond donors (Lipinski definition) is 1. The third-order valence-electron chi connectivity index (χ3n) is 3.27. The second kappa shape index (κ2) is 4.98. The highest BCUT2D eigenvalue weighted by Crippen LogP contribution is 2.31. The lowest BCUT2D eigenvalue weighted by Crippen LogP contribution is -2.06. The standard InChI is InChI=1S/C14H14N4S/c1-19-9-12-11-6-7-16-14(11)18(17-12)13-5-3-2-4-10(13)8-15/h2-5,16H,6-7,9H2,1H3. The minimum Gasteiger partial charge on any atom is -0.369 e. The van der Waals surface area contributed by atoms with Crippen LogP contribution in [0.2, 0.25) is 0 Å². The summed E-state index contributed by atoms with van der Waals surface area (Å²) >= 11 is 1.77. The Balaban J connectivity index is 2.16. The summed E-state index contributed by atoms with van der Waals surface area (Å²) in [5.41, 5.74) is 3.92. The van der Waals surface area contributed by atoms with E-state index in [1.165, 1.54) is 5.56 Å². The Morgan fingerprint density at radius 1 is 1.47 bits per heavy atom. The molecule has 2 aromatic rings. The van der Waals surface area contributed by atoms with Gasteiger partial charge in [-0.05, 0) is 24.8 Å². The van der Waals surface area contributed by atoms with Crippen LogP contribution in [-0.2, 0) is 12.2 Å². The van der Waals surface area contributed by atoms with Gasteiger partial charge in [-0.25, -0.2) is 4.68 Å². The molecule has 0 saturated carbocycles. The molecule has 0 bridgehead atoms. The van der Waals surface area contributed by atoms with Crippen molar-refractivity contribution in [2.75, 3.05) is 18.1 Å². The van der Waals surface area contributed by atoms with Crippen LogP contribution in [0.4, 0.5) is 5.82 Å². The Kier molecular flexibility index (Phi) is 3.18. The van der Waals surface area contributed by atoms with E-state index in [-0.39, 0.29) is 0 Å². The molecule has 0 unspecified atom stereocenters. The van der Waals surface area contributed by atoms with Gasteiger partial charge in [-0.15, -0.1) is 0 Å². The van der Waals surface area contributed by atoms with Crippen molar-refractivity contribution in [3.8, 4) is 11.8 Å². The number of nitrogens with zero attached hydrogens (tertiary/aromatic N) is 3. The molecule has 0 radical (unpaired) electrons. The Morgan fingerprint density at radius 2 is 2.32 bits per heavy atom. The minimum absolute atomic E-state index is 0.650. The summed E-state index contributed by atoms with van der Waals surface area (Å²) in [5.74, 6) is 1.96. The van der Waals surface area contributed by atoms with Gasteiger partial charge in [-0.2, -0.15) is 22.1 Å². The number of hydrogen-bond acceptors (Lipinski definition) is 4. The van der Waals surface area contributed by atoms with E-state index in [4.69, 9.17) is 0 Å². The largest absolute Gasteiger partial charge is 0.369 e. The third kappa shape index (κ3) is 1.98. The van der Waals surface area contributed by atoms with E-state index in [2.05, 4.69) is 22.7 Å². The molecular formula is C14H14N4S. The lowest BCUT2D eigenvalue weighted by molar-refractivity contribution is 0.851. The second-order valence-corrected chi connectivity index (χ2v) is 5.29. The van der Waals surface area contributed by atoms with Gasteiger partial charge in [0.1, 0.15) is 11.9 Å². The van der Waals surface area contributed by atoms with Crippen LogP contribution in [0.15, 0.2) is 24.3 Å². The van der Waals surface area contributed by atoms with Crippen molar-refractivity contribution < 1.29 is 0 Å². The highest BCUT2D eigenvalue weighted by Gasteiger charge is 2.23. The first-order chi connectivity index (χ1) is 9.35. The van der Waals surface area contributed by atoms with Crippen molar-refractivity contribution in [2.45, 2.75) is 12.2 Å². The summed E-state index contributed by atoms with van der Waals surface area (Å²) in [4.78, 5) is 0. The molecule has 4 nitrogen and oxygen atoms in total. The van der Waals surface area contributed by atoms with E-state index in [0.29, 0.717) is 5.56 Å². The van der Waals surface area contributed by atoms with Crippen LogP contribution < -0.4 is 5.32 Å². The molecule has 0 spiro atoms. The summed E-state index contributed by atoms with van der Waals surface area (Å²) in [6.07, 6.45) is 3.09. The Hall–Kier alpha value is -1.93. The highest BCUT2D eigenvalue weighted by atomic mass is 32.2. The SMILES string of the molecule is CSCc1nn(-c2ccccc2C#N)c2c1CCN2. The Bertz CT molecular complexity index is 654. The molecule has 1 aromatic heterocycles. The molecule has 0 aliphatic carbocycles. The van der Waals surface area contributed by atoms with E-state index >= 15 is 0 Å². The van der Waals surface area contributed by atoms with Gasteiger partial charge in [0.15, 0.2) is 0 Å². The number of anilines is 1. The maximum Gasteiger partial charge on any atom is 0.133 e. The van der Waals surface area contributed by atoms with E-state index in [0.717, 1.165) is 35.9 Å². The van der Waals surface area contributed by atoms with Gasteiger partial charge >= 0.3 is 0 Å². The van der Waals surface area contributed by atoms with Gasteiger partial charge in [0, 0.05) is 17.9 Å². The van der Waals surface area contributed by atoms with Crippen molar-refractivity contribution in [1.29, 1.82) is 5.26 Å². The van der Waals surface area contributed by atoms with Crippen LogP contribution in [0.5, 0.6) is 0 Å². The van der Waals surface area contributed by atoms with E-state index in [9.17, 15) is 5.26 Å². The lowest BCUT2D eigenvalue weighted by atomic mass is 10.2. The predicted molar refractivity (Wildman–Crippen MR) is 77.7 cm³/mol. The topological polar surface area (TPSA) is 53.6 Å². The number of thioether (sulfide) groups is 1. The molecule has 1 N–H and O–H groups in total. The number of rotatable bonds is 3. The normalized spacial score (nSPS) is 12.8. The van der Waals surface area contributed by atoms with Gasteiger partial charge in [0.05, 0.1) is 16.9 Å². The van der Waals surface area contributed by atoms with Crippen LogP contribution in [0, 0.1) is 11.3 Å². The number of para-hydroxylation sites is 1. The van der Waals surface area contributed by atoms with Crippen LogP contribution in [0.3, 0.4) is 0 Å². The second-order valence-electron chi connectivity index (χ2n) is 4.42. The maximum absolute atomic E-state index is 9.22. The van der Waals surface area contributed by atoms with Crippen LogP contribution in [0.25, 0.3) is 5.69 Å². The first-order valence-corrected chi connectivity index (χ1v) is 7.57. The van der Waals surface area contributed by atoms with Crippen LogP contribution in [-0.4, -0.2) is 22.6 Å². The first kappa shape index (κ1) is 12.1. The summed E-state index contributed by atoms with van der Waals surface area (Å²) in [6, 6.07) is 9.81. The molecule has 1 aliphatic rings. The summed E-state index contributed by atoms with van der Waals surface area (Å²) in [5, 5.41) is 17.3. The zero-order valence-corrected chi connectivity index (χ0v) is 11.5. The third-order valence-corrected chi connectivity index (χ3v) is 3.83. The predicted octanol–water partition coefficient (Wildman–Crippen LogP) is 2.57. The molecule has 3 rings (SSSR count). The molecule has 2 heterocycles. The first-order valence-electron chi connectivity index (χ1n) is 6.18. The Morgan fingerprint density at radius 3 is 3.11 bits per heavy atom. The monoisotopic (exact) mass is 270 g/mol. The lowest BCUT2D eigenvalue weighted by Gasteiger charge is -2.07. The number of fused-ring (bicyclic) bond motifs is 1. The van der Waals surface area contributed by atoms with Gasteiger partial charge in [0.25, 0.3) is 0 Å². The molecule has 5 heteroatoms. The molecule has 0 atom stereocenters. The van der Waals surface area contributed by atoms with E-state index in [1.807, 2.05) is 28.9 Å². The Labute approximate surface area is 116 Å². The number of nitrogens with one attached hydrogen (secondary N) is 1. The van der Waals surface area contributed by atoms with E-state index < -0.39 is 0 Å². The van der Waals surface area contributed by atoms with Crippen LogP contribution >= 0.6 is 11.8 Å². The zero-order chi connectivity index (χ0) is 13.2. The molecule has 0 amide bonds. The van der Waals surface area contributed by atoms with E-state index in [1.54, 1.807) is 11.8 Å². The maximum atomic E-state index is 9.22. The molecular weight excluding hydrogens is 256 g/mol. The highest BCUT2D eigenvalue weighted by molar-refractivity contribution is 7.97. The van der Waals surface area contributed by atoms with Crippen LogP contribution in [0.1, 0.15) is 16.8 Å². The summed E-state index contributed by atoms with van der Waals surface area (Å²) < 4.78 is 1.88. The molecule has 0 saturated heterocycles. The average molecular weight is 270 g/mol. The van der Waals surface area contributed by atoms with Gasteiger partial charge in [0.2, 0.25) is 0 Å². The van der Waals surface area contributed by atoms with Gasteiger partial charge in [-0.1, -0.05) is 12.1 Å². The summed E-state index contributed by atoms with van der Waals surface area (Å²) in [7, 11) is 0. The van der Waals surface area contributed by atoms with Gasteiger partial charge in [-0.3, -0.25) is 0 Å². The van der Waals surface area contributed by atoms with Crippen molar-refractivity contribution >= 4 is 17.6 Å². The smallest absolute Gasteiger partial charge is 0.133 e. The fourth-order valence-electron chi connectivity index (χ4n) is 2.43. The van der Waals surface area contributed by atoms with Crippen molar-refractivity contribution in [1.82, 2.24) is 9.78 Å². The molecule has 19 heavy (non-hydrogen) atoms. The van der Waals surface area contributed by atoms with Crippen molar-refractivity contribution in [3.05, 3.63) is 41.1 Å². The summed E-state index contributed by atoms with van der Waals surface area (Å²) in [6.45, 7) is 0.948. The fraction of sp³-hybridized carbons (Fsp3) is 0.286. The number of nitriles is 1. The molecule has 1 aromatic carbocycles. The van der Waals surface area contributed by atoms with Crippen molar-refractivity contribution in [2.24, 2.45) is 0 Å². The molecule has 1 aliphatic heterocycles. The number of aromatic nitrogens is 2. The molecule has 0 fully saturated rings. The average Bonchev–Trinajstić information content (AvgIpc) is 3.03. The fourth-order valence-corrected chi connectivity index (χ4v) is 2.93. The van der Waals surface area contributed by atoms with Gasteiger partial charge < -0.3 is 5.32 Å². The van der Waals surface area contributed by atoms with Crippen molar-refractivity contribution in [3.63, 3.8) is 0 Å². The minimum atomic E-state index is 0.650. The quantitative estimate of drug-likeness (QED) is 0.931. The zero-order valence-electron chi connectivity index (χ0n) is 10.7.